The molecule has 0 radical (unpaired) electrons. The molecule has 2 rings (SSSR count). The molecule has 1 aliphatic rings. The van der Waals surface area contributed by atoms with E-state index in [1.165, 1.54) is 17.7 Å². The van der Waals surface area contributed by atoms with Crippen LogP contribution in [0.5, 0.6) is 0 Å². The Hall–Kier alpha value is -1.07. The minimum Gasteiger partial charge on any atom is -0.389 e. The van der Waals surface area contributed by atoms with Crippen LogP contribution in [0.3, 0.4) is 0 Å². The summed E-state index contributed by atoms with van der Waals surface area (Å²) in [5.41, 5.74) is -0.760. The standard InChI is InChI=1S/C16H26N2O2S/c1-15(2,20)12-18(3)14(19)17-11-16(8-4-5-9-16)13-7-6-10-21-13/h6-7,10,20H,4-5,8-9,11-12H2,1-3H3,(H,17,19). The molecule has 1 aliphatic carbocycles. The Balaban J connectivity index is 1.95. The number of rotatable bonds is 5. The van der Waals surface area contributed by atoms with Gasteiger partial charge < -0.3 is 15.3 Å². The maximum atomic E-state index is 12.2. The molecule has 1 aromatic rings. The summed E-state index contributed by atoms with van der Waals surface area (Å²) in [5, 5.41) is 15.0. The average molecular weight is 310 g/mol. The highest BCUT2D eigenvalue weighted by Crippen LogP contribution is 2.42. The molecule has 2 N–H and O–H groups in total. The van der Waals surface area contributed by atoms with Crippen molar-refractivity contribution in [2.45, 2.75) is 50.5 Å². The van der Waals surface area contributed by atoms with Gasteiger partial charge in [0.25, 0.3) is 0 Å². The van der Waals surface area contributed by atoms with E-state index in [1.54, 1.807) is 37.1 Å². The summed E-state index contributed by atoms with van der Waals surface area (Å²) in [7, 11) is 1.72. The molecule has 0 bridgehead atoms. The Kier molecular flexibility index (Phi) is 4.94. The van der Waals surface area contributed by atoms with Crippen LogP contribution in [0.1, 0.15) is 44.4 Å². The fourth-order valence-corrected chi connectivity index (χ4v) is 4.16. The summed E-state index contributed by atoms with van der Waals surface area (Å²) in [6.45, 7) is 4.43. The highest BCUT2D eigenvalue weighted by Gasteiger charge is 2.37. The predicted molar refractivity (Wildman–Crippen MR) is 86.8 cm³/mol. The highest BCUT2D eigenvalue weighted by molar-refractivity contribution is 7.10. The van der Waals surface area contributed by atoms with Gasteiger partial charge in [-0.3, -0.25) is 0 Å². The van der Waals surface area contributed by atoms with E-state index in [2.05, 4.69) is 22.8 Å². The van der Waals surface area contributed by atoms with Gasteiger partial charge >= 0.3 is 6.03 Å². The molecular weight excluding hydrogens is 284 g/mol. The van der Waals surface area contributed by atoms with E-state index in [0.29, 0.717) is 13.1 Å². The molecule has 1 aromatic heterocycles. The maximum Gasteiger partial charge on any atom is 0.317 e. The number of urea groups is 1. The van der Waals surface area contributed by atoms with Crippen LogP contribution >= 0.6 is 11.3 Å². The number of nitrogens with zero attached hydrogens (tertiary/aromatic N) is 1. The predicted octanol–water partition coefficient (Wildman–Crippen LogP) is 2.97. The first-order valence-electron chi connectivity index (χ1n) is 7.58. The van der Waals surface area contributed by atoms with E-state index in [9.17, 15) is 9.90 Å². The zero-order chi connectivity index (χ0) is 15.5. The molecule has 0 saturated heterocycles. The Labute approximate surface area is 131 Å². The molecule has 0 atom stereocenters. The minimum absolute atomic E-state index is 0.111. The van der Waals surface area contributed by atoms with E-state index in [0.717, 1.165) is 12.8 Å². The first-order chi connectivity index (χ1) is 9.82. The van der Waals surface area contributed by atoms with Crippen molar-refractivity contribution in [3.63, 3.8) is 0 Å². The van der Waals surface area contributed by atoms with E-state index in [-0.39, 0.29) is 11.4 Å². The molecule has 0 aliphatic heterocycles. The lowest BCUT2D eigenvalue weighted by Crippen LogP contribution is -2.48. The Morgan fingerprint density at radius 1 is 1.48 bits per heavy atom. The van der Waals surface area contributed by atoms with Gasteiger partial charge in [0.1, 0.15) is 0 Å². The molecule has 0 spiro atoms. The number of carbonyl (C=O) groups excluding carboxylic acids is 1. The van der Waals surface area contributed by atoms with E-state index < -0.39 is 5.60 Å². The molecule has 4 nitrogen and oxygen atoms in total. The zero-order valence-electron chi connectivity index (χ0n) is 13.2. The fraction of sp³-hybridized carbons (Fsp3) is 0.688. The van der Waals surface area contributed by atoms with Gasteiger partial charge in [-0.25, -0.2) is 4.79 Å². The molecular formula is C16H26N2O2S. The van der Waals surface area contributed by atoms with Gasteiger partial charge in [-0.2, -0.15) is 0 Å². The monoisotopic (exact) mass is 310 g/mol. The van der Waals surface area contributed by atoms with Crippen LogP contribution in [0.2, 0.25) is 0 Å². The molecule has 0 unspecified atom stereocenters. The third-order valence-electron chi connectivity index (χ3n) is 4.15. The summed E-state index contributed by atoms with van der Waals surface area (Å²) in [6.07, 6.45) is 4.74. The van der Waals surface area contributed by atoms with Crippen LogP contribution in [-0.4, -0.2) is 41.8 Å². The van der Waals surface area contributed by atoms with Crippen LogP contribution in [0, 0.1) is 0 Å². The van der Waals surface area contributed by atoms with Crippen molar-refractivity contribution in [3.8, 4) is 0 Å². The number of nitrogens with one attached hydrogen (secondary N) is 1. The molecule has 21 heavy (non-hydrogen) atoms. The van der Waals surface area contributed by atoms with Crippen molar-refractivity contribution >= 4 is 17.4 Å². The van der Waals surface area contributed by atoms with Crippen molar-refractivity contribution in [3.05, 3.63) is 22.4 Å². The third kappa shape index (κ3) is 4.20. The summed E-state index contributed by atoms with van der Waals surface area (Å²) in [4.78, 5) is 15.1. The van der Waals surface area contributed by atoms with Crippen LogP contribution in [-0.2, 0) is 5.41 Å². The quantitative estimate of drug-likeness (QED) is 0.878. The fourth-order valence-electron chi connectivity index (χ4n) is 3.17. The molecule has 1 saturated carbocycles. The summed E-state index contributed by atoms with van der Waals surface area (Å²) >= 11 is 1.78. The highest BCUT2D eigenvalue weighted by atomic mass is 32.1. The number of aliphatic hydroxyl groups is 1. The van der Waals surface area contributed by atoms with Crippen LogP contribution in [0.4, 0.5) is 4.79 Å². The van der Waals surface area contributed by atoms with Crippen LogP contribution in [0.15, 0.2) is 17.5 Å². The maximum absolute atomic E-state index is 12.2. The van der Waals surface area contributed by atoms with Crippen molar-refractivity contribution in [1.82, 2.24) is 10.2 Å². The molecule has 1 fully saturated rings. The Bertz CT molecular complexity index is 459. The van der Waals surface area contributed by atoms with Crippen molar-refractivity contribution in [2.75, 3.05) is 20.1 Å². The second-order valence-electron chi connectivity index (χ2n) is 6.79. The Morgan fingerprint density at radius 3 is 2.67 bits per heavy atom. The summed E-state index contributed by atoms with van der Waals surface area (Å²) in [5.74, 6) is 0. The molecule has 118 valence electrons. The van der Waals surface area contributed by atoms with Gasteiger partial charge in [0.15, 0.2) is 0 Å². The van der Waals surface area contributed by atoms with Gasteiger partial charge in [-0.1, -0.05) is 18.9 Å². The van der Waals surface area contributed by atoms with Gasteiger partial charge in [-0.15, -0.1) is 11.3 Å². The van der Waals surface area contributed by atoms with Crippen molar-refractivity contribution in [1.29, 1.82) is 0 Å². The molecule has 1 heterocycles. The summed E-state index contributed by atoms with van der Waals surface area (Å²) < 4.78 is 0. The SMILES string of the molecule is CN(CC(C)(C)O)C(=O)NCC1(c2cccs2)CCCC1. The van der Waals surface area contributed by atoms with Gasteiger partial charge in [-0.05, 0) is 38.1 Å². The third-order valence-corrected chi connectivity index (χ3v) is 5.27. The molecule has 2 amide bonds. The van der Waals surface area contributed by atoms with Crippen molar-refractivity contribution in [2.24, 2.45) is 0 Å². The van der Waals surface area contributed by atoms with Gasteiger partial charge in [0.2, 0.25) is 0 Å². The normalized spacial score (nSPS) is 17.7. The minimum atomic E-state index is -0.870. The van der Waals surface area contributed by atoms with E-state index >= 15 is 0 Å². The lowest BCUT2D eigenvalue weighted by molar-refractivity contribution is 0.0530. The van der Waals surface area contributed by atoms with E-state index in [1.807, 2.05) is 0 Å². The second-order valence-corrected chi connectivity index (χ2v) is 7.74. The number of thiophene rings is 1. The zero-order valence-corrected chi connectivity index (χ0v) is 14.0. The topological polar surface area (TPSA) is 52.6 Å². The molecule has 5 heteroatoms. The first kappa shape index (κ1) is 16.3. The van der Waals surface area contributed by atoms with Gasteiger partial charge in [0, 0.05) is 23.9 Å². The number of hydrogen-bond donors (Lipinski definition) is 2. The second kappa shape index (κ2) is 6.36. The van der Waals surface area contributed by atoms with Crippen LogP contribution in [0.25, 0.3) is 0 Å². The number of carbonyl (C=O) groups is 1. The number of hydrogen-bond acceptors (Lipinski definition) is 3. The van der Waals surface area contributed by atoms with Crippen molar-refractivity contribution < 1.29 is 9.90 Å². The smallest absolute Gasteiger partial charge is 0.317 e. The Morgan fingerprint density at radius 2 is 2.14 bits per heavy atom. The largest absolute Gasteiger partial charge is 0.389 e. The summed E-state index contributed by atoms with van der Waals surface area (Å²) in [6, 6.07) is 4.16. The number of likely N-dealkylation sites (N-methyl/N-ethyl adjacent to an activating group) is 1. The first-order valence-corrected chi connectivity index (χ1v) is 8.46. The van der Waals surface area contributed by atoms with E-state index in [4.69, 9.17) is 0 Å². The lowest BCUT2D eigenvalue weighted by atomic mass is 9.84. The molecule has 0 aromatic carbocycles. The average Bonchev–Trinajstić information content (AvgIpc) is 3.05. The van der Waals surface area contributed by atoms with Gasteiger partial charge in [0.05, 0.1) is 12.1 Å². The number of amides is 2. The van der Waals surface area contributed by atoms with Crippen LogP contribution < -0.4 is 5.32 Å². The lowest BCUT2D eigenvalue weighted by Gasteiger charge is -2.31.